The van der Waals surface area contributed by atoms with Crippen LogP contribution in [0.3, 0.4) is 0 Å². The van der Waals surface area contributed by atoms with Crippen molar-refractivity contribution in [3.8, 4) is 0 Å². The normalized spacial score (nSPS) is 13.7. The summed E-state index contributed by atoms with van der Waals surface area (Å²) in [5.74, 6) is -1.40. The molecule has 0 saturated heterocycles. The summed E-state index contributed by atoms with van der Waals surface area (Å²) < 4.78 is 9.48. The highest BCUT2D eigenvalue weighted by atomic mass is 16.6. The summed E-state index contributed by atoms with van der Waals surface area (Å²) in [5, 5.41) is 14.7. The summed E-state index contributed by atoms with van der Waals surface area (Å²) in [7, 11) is 1.19. The molecule has 0 bridgehead atoms. The molecule has 0 radical (unpaired) electrons. The Hall–Kier alpha value is -1.83. The molecule has 3 N–H and O–H groups in total. The smallest absolute Gasteiger partial charge is 0.407 e. The Kier molecular flexibility index (Phi) is 8.47. The molecular formula is C14H26N2O6. The monoisotopic (exact) mass is 318 g/mol. The van der Waals surface area contributed by atoms with Crippen molar-refractivity contribution < 1.29 is 29.0 Å². The Labute approximate surface area is 130 Å². The molecule has 0 aliphatic heterocycles. The van der Waals surface area contributed by atoms with Crippen molar-refractivity contribution >= 4 is 18.0 Å². The number of alkyl carbamates (subject to hydrolysis) is 1. The second kappa shape index (κ2) is 9.24. The standard InChI is InChI=1S/C14H26N2O6/c1-6-7-9(16-13(20)22-14(2,3)4)11(18)12(19)15-8-10(17)21-5/h9,11,18H,6-8H2,1-5H3,(H,15,19)(H,16,20)/t9?,11-/m1/s1. The molecule has 8 nitrogen and oxygen atoms in total. The van der Waals surface area contributed by atoms with Crippen LogP contribution in [0.2, 0.25) is 0 Å². The van der Waals surface area contributed by atoms with Crippen LogP contribution in [0.5, 0.6) is 0 Å². The van der Waals surface area contributed by atoms with Gasteiger partial charge in [-0.15, -0.1) is 0 Å². The maximum Gasteiger partial charge on any atom is 0.407 e. The summed E-state index contributed by atoms with van der Waals surface area (Å²) in [6.07, 6.45) is -1.18. The zero-order chi connectivity index (χ0) is 17.3. The third-order valence-corrected chi connectivity index (χ3v) is 2.59. The van der Waals surface area contributed by atoms with Gasteiger partial charge in [-0.25, -0.2) is 4.79 Å². The van der Waals surface area contributed by atoms with Gasteiger partial charge in [0.25, 0.3) is 5.91 Å². The quantitative estimate of drug-likeness (QED) is 0.583. The van der Waals surface area contributed by atoms with Crippen LogP contribution in [-0.4, -0.2) is 54.5 Å². The number of aliphatic hydroxyl groups is 1. The van der Waals surface area contributed by atoms with E-state index in [0.717, 1.165) is 0 Å². The zero-order valence-electron chi connectivity index (χ0n) is 13.8. The lowest BCUT2D eigenvalue weighted by atomic mass is 10.1. The van der Waals surface area contributed by atoms with E-state index in [9.17, 15) is 19.5 Å². The molecule has 0 rings (SSSR count). The number of hydrogen-bond donors (Lipinski definition) is 3. The average molecular weight is 318 g/mol. The molecule has 8 heteroatoms. The zero-order valence-corrected chi connectivity index (χ0v) is 13.8. The van der Waals surface area contributed by atoms with Gasteiger partial charge in [-0.05, 0) is 27.2 Å². The van der Waals surface area contributed by atoms with Crippen molar-refractivity contribution in [2.45, 2.75) is 58.3 Å². The van der Waals surface area contributed by atoms with Gasteiger partial charge in [0.05, 0.1) is 13.2 Å². The molecule has 2 atom stereocenters. The van der Waals surface area contributed by atoms with Crippen LogP contribution in [0.1, 0.15) is 40.5 Å². The molecule has 0 aromatic heterocycles. The first-order valence-corrected chi connectivity index (χ1v) is 7.12. The number of hydrogen-bond acceptors (Lipinski definition) is 6. The lowest BCUT2D eigenvalue weighted by molar-refractivity contribution is -0.142. The van der Waals surface area contributed by atoms with Crippen molar-refractivity contribution in [3.05, 3.63) is 0 Å². The van der Waals surface area contributed by atoms with Gasteiger partial charge in [-0.2, -0.15) is 0 Å². The highest BCUT2D eigenvalue weighted by molar-refractivity contribution is 5.85. The molecule has 0 spiro atoms. The van der Waals surface area contributed by atoms with Crippen LogP contribution >= 0.6 is 0 Å². The Morgan fingerprint density at radius 3 is 2.27 bits per heavy atom. The Bertz CT molecular complexity index is 391. The Morgan fingerprint density at radius 1 is 1.23 bits per heavy atom. The molecule has 0 saturated carbocycles. The summed E-state index contributed by atoms with van der Waals surface area (Å²) in [4.78, 5) is 34.5. The van der Waals surface area contributed by atoms with Crippen molar-refractivity contribution in [1.29, 1.82) is 0 Å². The fourth-order valence-electron chi connectivity index (χ4n) is 1.60. The fraction of sp³-hybridized carbons (Fsp3) is 0.786. The summed E-state index contributed by atoms with van der Waals surface area (Å²) in [6.45, 7) is 6.63. The van der Waals surface area contributed by atoms with Crippen molar-refractivity contribution in [1.82, 2.24) is 10.6 Å². The molecule has 0 aliphatic rings. The molecule has 0 aliphatic carbocycles. The highest BCUT2D eigenvalue weighted by Crippen LogP contribution is 2.09. The number of aliphatic hydroxyl groups excluding tert-OH is 1. The second-order valence-electron chi connectivity index (χ2n) is 5.78. The van der Waals surface area contributed by atoms with Crippen LogP contribution < -0.4 is 10.6 Å². The van der Waals surface area contributed by atoms with Crippen LogP contribution in [0.15, 0.2) is 0 Å². The summed E-state index contributed by atoms with van der Waals surface area (Å²) in [6, 6.07) is -0.808. The average Bonchev–Trinajstić information content (AvgIpc) is 2.40. The molecular weight excluding hydrogens is 292 g/mol. The SMILES string of the molecule is CCCC(NC(=O)OC(C)(C)C)[C@@H](O)C(=O)NCC(=O)OC. The van der Waals surface area contributed by atoms with Gasteiger partial charge in [0.2, 0.25) is 0 Å². The van der Waals surface area contributed by atoms with E-state index in [2.05, 4.69) is 15.4 Å². The minimum Gasteiger partial charge on any atom is -0.468 e. The maximum atomic E-state index is 11.8. The second-order valence-corrected chi connectivity index (χ2v) is 5.78. The van der Waals surface area contributed by atoms with Crippen LogP contribution in [-0.2, 0) is 19.1 Å². The minimum absolute atomic E-state index is 0.350. The van der Waals surface area contributed by atoms with Gasteiger partial charge in [0.15, 0.2) is 6.10 Å². The van der Waals surface area contributed by atoms with E-state index in [-0.39, 0.29) is 6.54 Å². The van der Waals surface area contributed by atoms with E-state index >= 15 is 0 Å². The predicted molar refractivity (Wildman–Crippen MR) is 79.1 cm³/mol. The van der Waals surface area contributed by atoms with Gasteiger partial charge in [0.1, 0.15) is 12.1 Å². The molecule has 22 heavy (non-hydrogen) atoms. The van der Waals surface area contributed by atoms with Crippen LogP contribution in [0, 0.1) is 0 Å². The number of esters is 1. The van der Waals surface area contributed by atoms with Crippen molar-refractivity contribution in [2.24, 2.45) is 0 Å². The number of nitrogens with one attached hydrogen (secondary N) is 2. The van der Waals surface area contributed by atoms with Crippen LogP contribution in [0.4, 0.5) is 4.79 Å². The number of ether oxygens (including phenoxy) is 2. The number of carbonyl (C=O) groups excluding carboxylic acids is 3. The topological polar surface area (TPSA) is 114 Å². The highest BCUT2D eigenvalue weighted by Gasteiger charge is 2.29. The Morgan fingerprint density at radius 2 is 1.82 bits per heavy atom. The molecule has 0 fully saturated rings. The first-order valence-electron chi connectivity index (χ1n) is 7.12. The number of amides is 2. The molecule has 128 valence electrons. The third kappa shape index (κ3) is 8.46. The molecule has 1 unspecified atom stereocenters. The minimum atomic E-state index is -1.49. The third-order valence-electron chi connectivity index (χ3n) is 2.59. The largest absolute Gasteiger partial charge is 0.468 e. The summed E-state index contributed by atoms with van der Waals surface area (Å²) in [5.41, 5.74) is -0.682. The number of carbonyl (C=O) groups is 3. The molecule has 0 aromatic rings. The van der Waals surface area contributed by atoms with Gasteiger partial charge in [0, 0.05) is 0 Å². The van der Waals surface area contributed by atoms with E-state index in [0.29, 0.717) is 12.8 Å². The van der Waals surface area contributed by atoms with Gasteiger partial charge in [-0.3, -0.25) is 9.59 Å². The van der Waals surface area contributed by atoms with Gasteiger partial charge in [-0.1, -0.05) is 13.3 Å². The fourth-order valence-corrected chi connectivity index (χ4v) is 1.60. The first kappa shape index (κ1) is 20.2. The van der Waals surface area contributed by atoms with E-state index in [1.54, 1.807) is 20.8 Å². The number of methoxy groups -OCH3 is 1. The van der Waals surface area contributed by atoms with Crippen molar-refractivity contribution in [3.63, 3.8) is 0 Å². The van der Waals surface area contributed by atoms with E-state index in [1.807, 2.05) is 6.92 Å². The first-order chi connectivity index (χ1) is 10.1. The van der Waals surface area contributed by atoms with E-state index < -0.39 is 35.7 Å². The molecule has 0 heterocycles. The lowest BCUT2D eigenvalue weighted by Gasteiger charge is -2.26. The lowest BCUT2D eigenvalue weighted by Crippen LogP contribution is -2.52. The Balaban J connectivity index is 4.61. The van der Waals surface area contributed by atoms with Crippen molar-refractivity contribution in [2.75, 3.05) is 13.7 Å². The van der Waals surface area contributed by atoms with Crippen LogP contribution in [0.25, 0.3) is 0 Å². The summed E-state index contributed by atoms with van der Waals surface area (Å²) >= 11 is 0. The predicted octanol–water partition coefficient (Wildman–Crippen LogP) is 0.330. The number of rotatable bonds is 7. The van der Waals surface area contributed by atoms with Gasteiger partial charge < -0.3 is 25.2 Å². The van der Waals surface area contributed by atoms with Gasteiger partial charge >= 0.3 is 12.1 Å². The van der Waals surface area contributed by atoms with E-state index in [1.165, 1.54) is 7.11 Å². The van der Waals surface area contributed by atoms with E-state index in [4.69, 9.17) is 4.74 Å². The maximum absolute atomic E-state index is 11.8. The molecule has 2 amide bonds. The molecule has 0 aromatic carbocycles.